The van der Waals surface area contributed by atoms with Crippen LogP contribution in [0, 0.1) is 5.41 Å². The predicted molar refractivity (Wildman–Crippen MR) is 64.8 cm³/mol. The summed E-state index contributed by atoms with van der Waals surface area (Å²) in [6.07, 6.45) is 4.87. The fraction of sp³-hybridized carbons (Fsp3) is 0.667. The molecule has 0 saturated heterocycles. The van der Waals surface area contributed by atoms with Crippen molar-refractivity contribution in [3.63, 3.8) is 0 Å². The van der Waals surface area contributed by atoms with Crippen molar-refractivity contribution >= 4 is 12.0 Å². The summed E-state index contributed by atoms with van der Waals surface area (Å²) in [5.41, 5.74) is -0.697. The van der Waals surface area contributed by atoms with Gasteiger partial charge in [-0.3, -0.25) is 4.79 Å². The summed E-state index contributed by atoms with van der Waals surface area (Å²) in [5, 5.41) is 11.6. The molecule has 1 aliphatic carbocycles. The summed E-state index contributed by atoms with van der Waals surface area (Å²) < 4.78 is 0. The number of carboxylic acid groups (broad SMARTS) is 1. The number of aliphatic carboxylic acids is 1. The van der Waals surface area contributed by atoms with Crippen molar-refractivity contribution in [3.05, 3.63) is 12.7 Å². The molecule has 1 rings (SSSR count). The van der Waals surface area contributed by atoms with Crippen molar-refractivity contribution in [2.75, 3.05) is 20.1 Å². The number of carbonyl (C=O) groups is 2. The number of amides is 2. The van der Waals surface area contributed by atoms with Crippen LogP contribution >= 0.6 is 0 Å². The number of hydrogen-bond acceptors (Lipinski definition) is 2. The summed E-state index contributed by atoms with van der Waals surface area (Å²) in [5.74, 6) is -0.813. The third-order valence-corrected chi connectivity index (χ3v) is 3.13. The summed E-state index contributed by atoms with van der Waals surface area (Å²) in [7, 11) is 1.71. The third kappa shape index (κ3) is 3.76. The molecule has 2 N–H and O–H groups in total. The average molecular weight is 240 g/mol. The Morgan fingerprint density at radius 2 is 2.18 bits per heavy atom. The van der Waals surface area contributed by atoms with Crippen LogP contribution in [0.1, 0.15) is 25.7 Å². The summed E-state index contributed by atoms with van der Waals surface area (Å²) >= 11 is 0. The number of urea groups is 1. The van der Waals surface area contributed by atoms with E-state index in [9.17, 15) is 9.59 Å². The molecule has 0 bridgehead atoms. The maximum absolute atomic E-state index is 11.6. The first-order valence-corrected chi connectivity index (χ1v) is 5.85. The number of nitrogens with zero attached hydrogens (tertiary/aromatic N) is 1. The number of nitrogens with one attached hydrogen (secondary N) is 1. The molecule has 0 unspecified atom stereocenters. The molecule has 2 amide bonds. The van der Waals surface area contributed by atoms with Crippen LogP contribution in [0.25, 0.3) is 0 Å². The number of carbonyl (C=O) groups excluding carboxylic acids is 1. The SMILES string of the molecule is C=CCCCN(C)C(=O)NCC1(C(=O)O)CC1. The van der Waals surface area contributed by atoms with E-state index in [4.69, 9.17) is 5.11 Å². The first-order valence-electron chi connectivity index (χ1n) is 5.85. The van der Waals surface area contributed by atoms with Crippen molar-refractivity contribution in [3.8, 4) is 0 Å². The quantitative estimate of drug-likeness (QED) is 0.523. The standard InChI is InChI=1S/C12H20N2O3/c1-3-4-5-8-14(2)11(17)13-9-12(6-7-12)10(15)16/h3H,1,4-9H2,2H3,(H,13,17)(H,15,16). The third-order valence-electron chi connectivity index (χ3n) is 3.13. The zero-order chi connectivity index (χ0) is 12.9. The molecule has 0 aliphatic heterocycles. The second kappa shape index (κ2) is 5.70. The Balaban J connectivity index is 2.25. The Kier molecular flexibility index (Phi) is 4.54. The van der Waals surface area contributed by atoms with E-state index in [2.05, 4.69) is 11.9 Å². The van der Waals surface area contributed by atoms with E-state index in [1.165, 1.54) is 0 Å². The van der Waals surface area contributed by atoms with Gasteiger partial charge in [-0.25, -0.2) is 4.79 Å². The van der Waals surface area contributed by atoms with E-state index in [1.807, 2.05) is 6.08 Å². The minimum absolute atomic E-state index is 0.207. The fourth-order valence-corrected chi connectivity index (χ4v) is 1.57. The van der Waals surface area contributed by atoms with Crippen molar-refractivity contribution in [2.45, 2.75) is 25.7 Å². The zero-order valence-electron chi connectivity index (χ0n) is 10.2. The number of carboxylic acids is 1. The Labute approximate surface area is 101 Å². The highest BCUT2D eigenvalue weighted by Crippen LogP contribution is 2.45. The van der Waals surface area contributed by atoms with Crippen LogP contribution in [0.5, 0.6) is 0 Å². The van der Waals surface area contributed by atoms with Gasteiger partial charge in [0.2, 0.25) is 0 Å². The molecule has 0 atom stereocenters. The molecule has 1 saturated carbocycles. The molecule has 5 heteroatoms. The molecule has 5 nitrogen and oxygen atoms in total. The number of rotatable bonds is 7. The van der Waals surface area contributed by atoms with Crippen molar-refractivity contribution < 1.29 is 14.7 Å². The van der Waals surface area contributed by atoms with Gasteiger partial charge < -0.3 is 15.3 Å². The highest BCUT2D eigenvalue weighted by molar-refractivity contribution is 5.80. The lowest BCUT2D eigenvalue weighted by Gasteiger charge is -2.19. The average Bonchev–Trinajstić information content (AvgIpc) is 3.07. The molecule has 17 heavy (non-hydrogen) atoms. The molecule has 1 aliphatic rings. The van der Waals surface area contributed by atoms with Gasteiger partial charge >= 0.3 is 12.0 Å². The summed E-state index contributed by atoms with van der Waals surface area (Å²) in [6, 6.07) is -0.207. The lowest BCUT2D eigenvalue weighted by molar-refractivity contribution is -0.143. The molecular weight excluding hydrogens is 220 g/mol. The van der Waals surface area contributed by atoms with Gasteiger partial charge in [0, 0.05) is 20.1 Å². The van der Waals surface area contributed by atoms with Crippen LogP contribution in [0.4, 0.5) is 4.79 Å². The number of unbranched alkanes of at least 4 members (excludes halogenated alkanes) is 1. The molecule has 0 aromatic heterocycles. The molecule has 0 spiro atoms. The van der Waals surface area contributed by atoms with E-state index >= 15 is 0 Å². The summed E-state index contributed by atoms with van der Waals surface area (Å²) in [4.78, 5) is 24.1. The van der Waals surface area contributed by atoms with Crippen LogP contribution in [-0.4, -0.2) is 42.1 Å². The van der Waals surface area contributed by atoms with Crippen molar-refractivity contribution in [2.24, 2.45) is 5.41 Å². The molecule has 0 radical (unpaired) electrons. The van der Waals surface area contributed by atoms with E-state index < -0.39 is 11.4 Å². The zero-order valence-corrected chi connectivity index (χ0v) is 10.2. The minimum atomic E-state index is -0.813. The van der Waals surface area contributed by atoms with Crippen LogP contribution < -0.4 is 5.32 Å². The first-order chi connectivity index (χ1) is 8.02. The van der Waals surface area contributed by atoms with Gasteiger partial charge in [0.05, 0.1) is 5.41 Å². The normalized spacial score (nSPS) is 16.1. The van der Waals surface area contributed by atoms with Gasteiger partial charge in [0.15, 0.2) is 0 Å². The lowest BCUT2D eigenvalue weighted by Crippen LogP contribution is -2.42. The van der Waals surface area contributed by atoms with Gasteiger partial charge in [-0.2, -0.15) is 0 Å². The Hall–Kier alpha value is -1.52. The maximum atomic E-state index is 11.6. The van der Waals surface area contributed by atoms with Crippen LogP contribution in [0.15, 0.2) is 12.7 Å². The van der Waals surface area contributed by atoms with E-state index in [-0.39, 0.29) is 12.6 Å². The predicted octanol–water partition coefficient (Wildman–Crippen LogP) is 1.46. The monoisotopic (exact) mass is 240 g/mol. The second-order valence-corrected chi connectivity index (χ2v) is 4.60. The lowest BCUT2D eigenvalue weighted by atomic mass is 10.1. The molecule has 0 aromatic rings. The van der Waals surface area contributed by atoms with E-state index in [0.717, 1.165) is 12.8 Å². The fourth-order valence-electron chi connectivity index (χ4n) is 1.57. The Morgan fingerprint density at radius 1 is 1.53 bits per heavy atom. The molecule has 1 fully saturated rings. The Morgan fingerprint density at radius 3 is 2.65 bits per heavy atom. The van der Waals surface area contributed by atoms with E-state index in [1.54, 1.807) is 11.9 Å². The largest absolute Gasteiger partial charge is 0.481 e. The maximum Gasteiger partial charge on any atom is 0.317 e. The van der Waals surface area contributed by atoms with Gasteiger partial charge in [-0.05, 0) is 25.7 Å². The van der Waals surface area contributed by atoms with Crippen molar-refractivity contribution in [1.82, 2.24) is 10.2 Å². The van der Waals surface area contributed by atoms with Crippen molar-refractivity contribution in [1.29, 1.82) is 0 Å². The summed E-state index contributed by atoms with van der Waals surface area (Å²) in [6.45, 7) is 4.49. The van der Waals surface area contributed by atoms with Gasteiger partial charge in [-0.15, -0.1) is 6.58 Å². The van der Waals surface area contributed by atoms with Gasteiger partial charge in [-0.1, -0.05) is 6.08 Å². The van der Waals surface area contributed by atoms with Crippen LogP contribution in [0.2, 0.25) is 0 Å². The van der Waals surface area contributed by atoms with Gasteiger partial charge in [0.25, 0.3) is 0 Å². The van der Waals surface area contributed by atoms with Crippen LogP contribution in [0.3, 0.4) is 0 Å². The van der Waals surface area contributed by atoms with Crippen LogP contribution in [-0.2, 0) is 4.79 Å². The number of allylic oxidation sites excluding steroid dienone is 1. The highest BCUT2D eigenvalue weighted by Gasteiger charge is 2.50. The molecule has 96 valence electrons. The second-order valence-electron chi connectivity index (χ2n) is 4.60. The molecule has 0 heterocycles. The Bertz CT molecular complexity index is 311. The highest BCUT2D eigenvalue weighted by atomic mass is 16.4. The smallest absolute Gasteiger partial charge is 0.317 e. The molecule has 0 aromatic carbocycles. The molecular formula is C12H20N2O3. The first kappa shape index (κ1) is 13.5. The minimum Gasteiger partial charge on any atom is -0.481 e. The number of hydrogen-bond donors (Lipinski definition) is 2. The van der Waals surface area contributed by atoms with Gasteiger partial charge in [0.1, 0.15) is 0 Å². The topological polar surface area (TPSA) is 69.6 Å². The van der Waals surface area contributed by atoms with E-state index in [0.29, 0.717) is 19.4 Å².